The molecule has 2 aromatic carbocycles. The zero-order valence-electron chi connectivity index (χ0n) is 19.6. The van der Waals surface area contributed by atoms with Gasteiger partial charge in [0.2, 0.25) is 17.7 Å². The molecule has 1 aliphatic rings. The number of fused-ring (bicyclic) bond motifs is 1. The summed E-state index contributed by atoms with van der Waals surface area (Å²) in [4.78, 5) is 4.86. The highest BCUT2D eigenvalue weighted by Crippen LogP contribution is 2.40. The first-order valence-corrected chi connectivity index (χ1v) is 11.6. The SMILES string of the molecule is Cc1nnc(-c2ccc3c(c2)nc(Nc2ccc(OC(F)(F)F)cc2)n3C2CC(C)CC(C)C2)o1. The summed E-state index contributed by atoms with van der Waals surface area (Å²) in [6.07, 6.45) is -1.50. The van der Waals surface area contributed by atoms with Gasteiger partial charge in [-0.15, -0.1) is 23.4 Å². The Morgan fingerprint density at radius 1 is 1.00 bits per heavy atom. The highest BCUT2D eigenvalue weighted by molar-refractivity contribution is 5.84. The van der Waals surface area contributed by atoms with Gasteiger partial charge in [0.05, 0.1) is 11.0 Å². The first kappa shape index (κ1) is 23.2. The molecule has 10 heteroatoms. The van der Waals surface area contributed by atoms with Crippen LogP contribution in [0.2, 0.25) is 0 Å². The van der Waals surface area contributed by atoms with Crippen LogP contribution in [0.3, 0.4) is 0 Å². The molecule has 1 saturated carbocycles. The molecular formula is C25H26F3N5O2. The van der Waals surface area contributed by atoms with Crippen LogP contribution < -0.4 is 10.1 Å². The molecule has 5 rings (SSSR count). The second-order valence-corrected chi connectivity index (χ2v) is 9.40. The molecule has 2 unspecified atom stereocenters. The number of aryl methyl sites for hydroxylation is 1. The van der Waals surface area contributed by atoms with Crippen molar-refractivity contribution in [3.63, 3.8) is 0 Å². The van der Waals surface area contributed by atoms with Crippen LogP contribution in [-0.2, 0) is 0 Å². The monoisotopic (exact) mass is 485 g/mol. The van der Waals surface area contributed by atoms with Crippen molar-refractivity contribution in [3.8, 4) is 17.2 Å². The highest BCUT2D eigenvalue weighted by atomic mass is 19.4. The zero-order valence-corrected chi connectivity index (χ0v) is 19.6. The van der Waals surface area contributed by atoms with Crippen molar-refractivity contribution >= 4 is 22.7 Å². The number of alkyl halides is 3. The van der Waals surface area contributed by atoms with E-state index in [1.807, 2.05) is 18.2 Å². The maximum atomic E-state index is 12.5. The Labute approximate surface area is 200 Å². The van der Waals surface area contributed by atoms with Crippen molar-refractivity contribution in [2.24, 2.45) is 11.8 Å². The lowest BCUT2D eigenvalue weighted by Gasteiger charge is -2.33. The molecule has 1 N–H and O–H groups in total. The summed E-state index contributed by atoms with van der Waals surface area (Å²) in [6, 6.07) is 11.8. The standard InChI is InChI=1S/C25H26F3N5O2/c1-14-10-15(2)12-19(11-14)33-22-9-4-17(23-32-31-16(3)34-23)13-21(22)30-24(33)29-18-5-7-20(8-6-18)35-25(26,27)28/h4-9,13-15,19H,10-12H2,1-3H3,(H,29,30). The number of hydrogen-bond acceptors (Lipinski definition) is 6. The van der Waals surface area contributed by atoms with Crippen LogP contribution in [0, 0.1) is 18.8 Å². The summed E-state index contributed by atoms with van der Waals surface area (Å²) in [7, 11) is 0. The summed E-state index contributed by atoms with van der Waals surface area (Å²) >= 11 is 0. The van der Waals surface area contributed by atoms with Gasteiger partial charge >= 0.3 is 6.36 Å². The molecule has 4 aromatic rings. The lowest BCUT2D eigenvalue weighted by Crippen LogP contribution is -2.23. The van der Waals surface area contributed by atoms with E-state index >= 15 is 0 Å². The number of nitrogens with one attached hydrogen (secondary N) is 1. The Bertz CT molecular complexity index is 1320. The molecule has 0 spiro atoms. The molecule has 0 amide bonds. The quantitative estimate of drug-likeness (QED) is 0.327. The minimum Gasteiger partial charge on any atom is -0.421 e. The Morgan fingerprint density at radius 3 is 2.34 bits per heavy atom. The molecule has 35 heavy (non-hydrogen) atoms. The van der Waals surface area contributed by atoms with Crippen molar-refractivity contribution in [2.75, 3.05) is 5.32 Å². The van der Waals surface area contributed by atoms with Crippen LogP contribution in [0.5, 0.6) is 5.75 Å². The third-order valence-corrected chi connectivity index (χ3v) is 6.33. The maximum Gasteiger partial charge on any atom is 0.573 e. The molecule has 184 valence electrons. The van der Waals surface area contributed by atoms with Gasteiger partial charge in [0, 0.05) is 24.2 Å². The van der Waals surface area contributed by atoms with Crippen molar-refractivity contribution in [3.05, 3.63) is 48.4 Å². The smallest absolute Gasteiger partial charge is 0.421 e. The number of benzene rings is 2. The van der Waals surface area contributed by atoms with E-state index < -0.39 is 6.36 Å². The molecule has 0 saturated heterocycles. The number of hydrogen-bond donors (Lipinski definition) is 1. The van der Waals surface area contributed by atoms with Gasteiger partial charge in [-0.1, -0.05) is 13.8 Å². The van der Waals surface area contributed by atoms with Gasteiger partial charge in [-0.2, -0.15) is 0 Å². The predicted molar refractivity (Wildman–Crippen MR) is 125 cm³/mol. The normalized spacial score (nSPS) is 20.8. The first-order valence-electron chi connectivity index (χ1n) is 11.6. The minimum atomic E-state index is -4.73. The van der Waals surface area contributed by atoms with E-state index in [1.54, 1.807) is 19.1 Å². The van der Waals surface area contributed by atoms with Crippen molar-refractivity contribution in [2.45, 2.75) is 52.4 Å². The predicted octanol–water partition coefficient (Wildman–Crippen LogP) is 7.03. The van der Waals surface area contributed by atoms with Crippen LogP contribution in [0.15, 0.2) is 46.9 Å². The molecule has 2 heterocycles. The molecular weight excluding hydrogens is 459 g/mol. The lowest BCUT2D eigenvalue weighted by atomic mass is 9.80. The van der Waals surface area contributed by atoms with Gasteiger partial charge in [0.15, 0.2) is 0 Å². The summed E-state index contributed by atoms with van der Waals surface area (Å²) in [5, 5.41) is 11.3. The Hall–Kier alpha value is -3.56. The van der Waals surface area contributed by atoms with E-state index in [0.29, 0.717) is 35.3 Å². The second kappa shape index (κ2) is 8.90. The van der Waals surface area contributed by atoms with Crippen molar-refractivity contribution in [1.29, 1.82) is 0 Å². The number of imidazole rings is 1. The molecule has 1 aliphatic carbocycles. The molecule has 2 aromatic heterocycles. The fourth-order valence-corrected chi connectivity index (χ4v) is 5.09. The minimum absolute atomic E-state index is 0.241. The van der Waals surface area contributed by atoms with Gasteiger partial charge in [-0.25, -0.2) is 4.98 Å². The Kier molecular flexibility index (Phi) is 5.90. The number of anilines is 2. The molecule has 0 aliphatic heterocycles. The zero-order chi connectivity index (χ0) is 24.7. The van der Waals surface area contributed by atoms with Crippen LogP contribution in [0.4, 0.5) is 24.8 Å². The van der Waals surface area contributed by atoms with Crippen molar-refractivity contribution < 1.29 is 22.3 Å². The van der Waals surface area contributed by atoms with Crippen LogP contribution in [0.1, 0.15) is 45.0 Å². The second-order valence-electron chi connectivity index (χ2n) is 9.40. The van der Waals surface area contributed by atoms with Crippen molar-refractivity contribution in [1.82, 2.24) is 19.7 Å². The maximum absolute atomic E-state index is 12.5. The largest absolute Gasteiger partial charge is 0.573 e. The van der Waals surface area contributed by atoms with Gasteiger partial charge in [-0.3, -0.25) is 0 Å². The Balaban J connectivity index is 1.53. The van der Waals surface area contributed by atoms with E-state index in [0.717, 1.165) is 29.4 Å². The molecule has 0 bridgehead atoms. The Morgan fingerprint density at radius 2 is 1.71 bits per heavy atom. The molecule has 2 atom stereocenters. The van der Waals surface area contributed by atoms with Crippen LogP contribution in [0.25, 0.3) is 22.5 Å². The fraction of sp³-hybridized carbons (Fsp3) is 0.400. The number of rotatable bonds is 5. The summed E-state index contributed by atoms with van der Waals surface area (Å²) < 4.78 is 49.3. The summed E-state index contributed by atoms with van der Waals surface area (Å²) in [5.74, 6) is 2.42. The van der Waals surface area contributed by atoms with Crippen LogP contribution >= 0.6 is 0 Å². The van der Waals surface area contributed by atoms with Gasteiger partial charge in [0.25, 0.3) is 0 Å². The average Bonchev–Trinajstić information content (AvgIpc) is 3.36. The van der Waals surface area contributed by atoms with E-state index in [4.69, 9.17) is 9.40 Å². The fourth-order valence-electron chi connectivity index (χ4n) is 5.09. The number of aromatic nitrogens is 4. The van der Waals surface area contributed by atoms with Gasteiger partial charge < -0.3 is 19.0 Å². The van der Waals surface area contributed by atoms with Gasteiger partial charge in [0.1, 0.15) is 5.75 Å². The lowest BCUT2D eigenvalue weighted by molar-refractivity contribution is -0.274. The third-order valence-electron chi connectivity index (χ3n) is 6.33. The van der Waals surface area contributed by atoms with Crippen LogP contribution in [-0.4, -0.2) is 26.1 Å². The van der Waals surface area contributed by atoms with E-state index in [2.05, 4.69) is 38.7 Å². The van der Waals surface area contributed by atoms with E-state index in [9.17, 15) is 13.2 Å². The molecule has 1 fully saturated rings. The first-order chi connectivity index (χ1) is 16.6. The number of ether oxygens (including phenoxy) is 1. The van der Waals surface area contributed by atoms with Gasteiger partial charge in [-0.05, 0) is 73.6 Å². The number of halogens is 3. The topological polar surface area (TPSA) is 78.0 Å². The summed E-state index contributed by atoms with van der Waals surface area (Å²) in [5.41, 5.74) is 3.12. The van der Waals surface area contributed by atoms with E-state index in [-0.39, 0.29) is 11.8 Å². The molecule has 0 radical (unpaired) electrons. The third kappa shape index (κ3) is 5.11. The average molecular weight is 486 g/mol. The summed E-state index contributed by atoms with van der Waals surface area (Å²) in [6.45, 7) is 6.27. The highest BCUT2D eigenvalue weighted by Gasteiger charge is 2.31. The van der Waals surface area contributed by atoms with E-state index in [1.165, 1.54) is 18.6 Å². The molecule has 7 nitrogen and oxygen atoms in total. The number of nitrogens with zero attached hydrogens (tertiary/aromatic N) is 4.